The van der Waals surface area contributed by atoms with Crippen molar-refractivity contribution in [3.05, 3.63) is 46.7 Å². The van der Waals surface area contributed by atoms with E-state index < -0.39 is 0 Å². The third-order valence-corrected chi connectivity index (χ3v) is 3.87. The fourth-order valence-corrected chi connectivity index (χ4v) is 2.80. The molecule has 2 rings (SSSR count). The van der Waals surface area contributed by atoms with E-state index in [1.165, 1.54) is 16.0 Å². The first-order valence-electron chi connectivity index (χ1n) is 6.92. The molecule has 1 heterocycles. The Morgan fingerprint density at radius 1 is 1.10 bits per heavy atom. The lowest BCUT2D eigenvalue weighted by Gasteiger charge is -2.03. The quantitative estimate of drug-likeness (QED) is 0.698. The van der Waals surface area contributed by atoms with Crippen LogP contribution >= 0.6 is 11.3 Å². The number of benzene rings is 1. The van der Waals surface area contributed by atoms with E-state index in [0.717, 1.165) is 19.5 Å². The van der Waals surface area contributed by atoms with Gasteiger partial charge in [-0.3, -0.25) is 0 Å². The molecule has 0 bridgehead atoms. The van der Waals surface area contributed by atoms with Crippen LogP contribution in [0.3, 0.4) is 0 Å². The number of ether oxygens (including phenoxy) is 1. The van der Waals surface area contributed by atoms with Gasteiger partial charge in [0.2, 0.25) is 0 Å². The van der Waals surface area contributed by atoms with Crippen LogP contribution in [0.5, 0.6) is 0 Å². The smallest absolute Gasteiger partial charge is 0.0697 e. The number of aliphatic hydroxyl groups excluding tert-OH is 1. The molecule has 0 saturated carbocycles. The van der Waals surface area contributed by atoms with Gasteiger partial charge in [0.25, 0.3) is 0 Å². The van der Waals surface area contributed by atoms with Crippen molar-refractivity contribution in [3.8, 4) is 11.1 Å². The molecule has 20 heavy (non-hydrogen) atoms. The predicted molar refractivity (Wildman–Crippen MR) is 84.0 cm³/mol. The summed E-state index contributed by atoms with van der Waals surface area (Å²) < 4.78 is 5.21. The molecule has 1 aromatic carbocycles. The summed E-state index contributed by atoms with van der Waals surface area (Å²) >= 11 is 1.79. The second kappa shape index (κ2) is 8.87. The highest BCUT2D eigenvalue weighted by Gasteiger charge is 2.01. The van der Waals surface area contributed by atoms with Crippen molar-refractivity contribution in [2.24, 2.45) is 0 Å². The number of aliphatic hydroxyl groups is 1. The molecule has 1 aromatic heterocycles. The van der Waals surface area contributed by atoms with Gasteiger partial charge in [-0.25, -0.2) is 0 Å². The fraction of sp³-hybridized carbons (Fsp3) is 0.375. The number of rotatable bonds is 9. The highest BCUT2D eigenvalue weighted by molar-refractivity contribution is 7.10. The van der Waals surface area contributed by atoms with E-state index in [0.29, 0.717) is 13.2 Å². The minimum Gasteiger partial charge on any atom is -0.394 e. The maximum absolute atomic E-state index is 8.57. The summed E-state index contributed by atoms with van der Waals surface area (Å²) in [6, 6.07) is 12.7. The average Bonchev–Trinajstić information content (AvgIpc) is 2.96. The molecule has 0 saturated heterocycles. The van der Waals surface area contributed by atoms with Crippen molar-refractivity contribution in [2.45, 2.75) is 13.0 Å². The van der Waals surface area contributed by atoms with Gasteiger partial charge >= 0.3 is 0 Å². The molecule has 0 aliphatic rings. The Hall–Kier alpha value is -1.20. The molecule has 4 heteroatoms. The Bertz CT molecular complexity index is 484. The molecule has 0 radical (unpaired) electrons. The minimum atomic E-state index is 0.102. The molecule has 0 aliphatic carbocycles. The van der Waals surface area contributed by atoms with E-state index in [1.54, 1.807) is 11.3 Å². The second-order valence-corrected chi connectivity index (χ2v) is 5.53. The lowest BCUT2D eigenvalue weighted by molar-refractivity contribution is 0.0907. The average molecular weight is 291 g/mol. The number of nitrogens with one attached hydrogen (secondary N) is 1. The third-order valence-electron chi connectivity index (χ3n) is 2.94. The van der Waals surface area contributed by atoms with Crippen molar-refractivity contribution in [1.29, 1.82) is 0 Å². The van der Waals surface area contributed by atoms with E-state index in [1.807, 2.05) is 6.07 Å². The van der Waals surface area contributed by atoms with Crippen LogP contribution in [0, 0.1) is 0 Å². The summed E-state index contributed by atoms with van der Waals surface area (Å²) in [5, 5.41) is 14.2. The maximum Gasteiger partial charge on any atom is 0.0697 e. The molecular formula is C16H21NO2S. The summed E-state index contributed by atoms with van der Waals surface area (Å²) in [7, 11) is 0. The highest BCUT2D eigenvalue weighted by atomic mass is 32.1. The largest absolute Gasteiger partial charge is 0.394 e. The van der Waals surface area contributed by atoms with E-state index in [4.69, 9.17) is 9.84 Å². The van der Waals surface area contributed by atoms with Crippen LogP contribution in [0.25, 0.3) is 11.1 Å². The van der Waals surface area contributed by atoms with Crippen molar-refractivity contribution in [1.82, 2.24) is 5.32 Å². The van der Waals surface area contributed by atoms with E-state index in [9.17, 15) is 0 Å². The zero-order valence-corrected chi connectivity index (χ0v) is 12.4. The van der Waals surface area contributed by atoms with Gasteiger partial charge < -0.3 is 15.2 Å². The molecule has 0 spiro atoms. The monoisotopic (exact) mass is 291 g/mol. The molecule has 0 atom stereocenters. The molecule has 2 aromatic rings. The fourth-order valence-electron chi connectivity index (χ4n) is 1.93. The zero-order valence-electron chi connectivity index (χ0n) is 11.5. The highest BCUT2D eigenvalue weighted by Crippen LogP contribution is 2.25. The van der Waals surface area contributed by atoms with Gasteiger partial charge in [0.1, 0.15) is 0 Å². The van der Waals surface area contributed by atoms with Crippen LogP contribution in [-0.2, 0) is 11.3 Å². The minimum absolute atomic E-state index is 0.102. The summed E-state index contributed by atoms with van der Waals surface area (Å²) in [5.74, 6) is 0. The SMILES string of the molecule is OCCOCCCNCc1cc(-c2ccccc2)cs1. The van der Waals surface area contributed by atoms with Crippen LogP contribution in [0.1, 0.15) is 11.3 Å². The van der Waals surface area contributed by atoms with Crippen LogP contribution < -0.4 is 5.32 Å². The summed E-state index contributed by atoms with van der Waals surface area (Å²) in [5.41, 5.74) is 2.56. The maximum atomic E-state index is 8.57. The molecule has 2 N–H and O–H groups in total. The Labute approximate surface area is 124 Å². The van der Waals surface area contributed by atoms with Gasteiger partial charge in [0.15, 0.2) is 0 Å². The summed E-state index contributed by atoms with van der Waals surface area (Å²) in [6.45, 7) is 3.07. The molecule has 0 fully saturated rings. The van der Waals surface area contributed by atoms with Crippen LogP contribution in [-0.4, -0.2) is 31.5 Å². The Morgan fingerprint density at radius 3 is 2.75 bits per heavy atom. The molecule has 108 valence electrons. The van der Waals surface area contributed by atoms with E-state index >= 15 is 0 Å². The molecule has 3 nitrogen and oxygen atoms in total. The first kappa shape index (κ1) is 15.2. The lowest BCUT2D eigenvalue weighted by atomic mass is 10.1. The topological polar surface area (TPSA) is 41.5 Å². The zero-order chi connectivity index (χ0) is 14.0. The molecule has 0 amide bonds. The van der Waals surface area contributed by atoms with Gasteiger partial charge in [-0.05, 0) is 35.5 Å². The Kier molecular flexibility index (Phi) is 6.74. The number of hydrogen-bond donors (Lipinski definition) is 2. The van der Waals surface area contributed by atoms with Crippen molar-refractivity contribution in [3.63, 3.8) is 0 Å². The molecule has 0 aliphatic heterocycles. The summed E-state index contributed by atoms with van der Waals surface area (Å²) in [4.78, 5) is 1.35. The second-order valence-electron chi connectivity index (χ2n) is 4.53. The van der Waals surface area contributed by atoms with Gasteiger partial charge in [0.05, 0.1) is 13.2 Å². The molecular weight excluding hydrogens is 270 g/mol. The van der Waals surface area contributed by atoms with Crippen LogP contribution in [0.2, 0.25) is 0 Å². The van der Waals surface area contributed by atoms with Crippen molar-refractivity contribution < 1.29 is 9.84 Å². The third kappa shape index (κ3) is 5.06. The number of hydrogen-bond acceptors (Lipinski definition) is 4. The van der Waals surface area contributed by atoms with Gasteiger partial charge in [-0.1, -0.05) is 30.3 Å². The van der Waals surface area contributed by atoms with E-state index in [2.05, 4.69) is 41.0 Å². The Balaban J connectivity index is 1.69. The van der Waals surface area contributed by atoms with Gasteiger partial charge in [-0.2, -0.15) is 0 Å². The normalized spacial score (nSPS) is 10.8. The first-order chi connectivity index (χ1) is 9.90. The van der Waals surface area contributed by atoms with Crippen LogP contribution in [0.4, 0.5) is 0 Å². The predicted octanol–water partition coefficient (Wildman–Crippen LogP) is 2.90. The standard InChI is InChI=1S/C16H21NO2S/c18-8-10-19-9-4-7-17-12-16-11-15(13-20-16)14-5-2-1-3-6-14/h1-3,5-6,11,13,17-18H,4,7-10,12H2. The lowest BCUT2D eigenvalue weighted by Crippen LogP contribution is -2.16. The van der Waals surface area contributed by atoms with Crippen molar-refractivity contribution >= 4 is 11.3 Å². The van der Waals surface area contributed by atoms with E-state index in [-0.39, 0.29) is 6.61 Å². The Morgan fingerprint density at radius 2 is 1.95 bits per heavy atom. The molecule has 0 unspecified atom stereocenters. The van der Waals surface area contributed by atoms with Crippen LogP contribution in [0.15, 0.2) is 41.8 Å². The van der Waals surface area contributed by atoms with Crippen molar-refractivity contribution in [2.75, 3.05) is 26.4 Å². The van der Waals surface area contributed by atoms with Gasteiger partial charge in [0, 0.05) is 18.0 Å². The summed E-state index contributed by atoms with van der Waals surface area (Å²) in [6.07, 6.45) is 0.969. The first-order valence-corrected chi connectivity index (χ1v) is 7.80. The number of thiophene rings is 1. The van der Waals surface area contributed by atoms with Gasteiger partial charge in [-0.15, -0.1) is 11.3 Å².